The van der Waals surface area contributed by atoms with E-state index in [1.165, 1.54) is 4.57 Å². The maximum atomic E-state index is 12.2. The Hall–Kier alpha value is -2.09. The zero-order chi connectivity index (χ0) is 16.7. The summed E-state index contributed by atoms with van der Waals surface area (Å²) in [5, 5.41) is 9.37. The number of imidazole rings is 1. The van der Waals surface area contributed by atoms with Gasteiger partial charge in [-0.25, -0.2) is 14.6 Å². The maximum absolute atomic E-state index is 12.2. The summed E-state index contributed by atoms with van der Waals surface area (Å²) in [7, 11) is 1.64. The minimum Gasteiger partial charge on any atom is -0.464 e. The van der Waals surface area contributed by atoms with Crippen LogP contribution in [0, 0.1) is 0 Å². The van der Waals surface area contributed by atoms with Gasteiger partial charge >= 0.3 is 12.2 Å². The monoisotopic (exact) mass is 369 g/mol. The summed E-state index contributed by atoms with van der Waals surface area (Å²) in [6.07, 6.45) is -2.45. The van der Waals surface area contributed by atoms with Gasteiger partial charge in [-0.15, -0.1) is 4.90 Å². The van der Waals surface area contributed by atoms with Crippen LogP contribution in [0.1, 0.15) is 20.8 Å². The Labute approximate surface area is 135 Å². The quantitative estimate of drug-likeness (QED) is 0.826. The van der Waals surface area contributed by atoms with Crippen molar-refractivity contribution >= 4 is 45.1 Å². The van der Waals surface area contributed by atoms with E-state index in [0.29, 0.717) is 20.4 Å². The first-order valence-corrected chi connectivity index (χ1v) is 7.28. The van der Waals surface area contributed by atoms with Crippen LogP contribution in [0.5, 0.6) is 0 Å². The third-order valence-electron chi connectivity index (χ3n) is 2.81. The van der Waals surface area contributed by atoms with Crippen molar-refractivity contribution in [1.29, 1.82) is 0 Å². The Balaban J connectivity index is 2.55. The van der Waals surface area contributed by atoms with Crippen LogP contribution in [0.3, 0.4) is 0 Å². The number of para-hydroxylation sites is 1. The van der Waals surface area contributed by atoms with Crippen molar-refractivity contribution in [2.24, 2.45) is 7.05 Å². The summed E-state index contributed by atoms with van der Waals surface area (Å²) in [5.41, 5.74) is 0.449. The Kier molecular flexibility index (Phi) is 4.15. The zero-order valence-electron chi connectivity index (χ0n) is 12.6. The van der Waals surface area contributed by atoms with E-state index in [9.17, 15) is 14.7 Å². The molecule has 0 fully saturated rings. The van der Waals surface area contributed by atoms with Crippen molar-refractivity contribution in [3.63, 3.8) is 0 Å². The number of aryl methyl sites for hydroxylation is 1. The average Bonchev–Trinajstić information content (AvgIpc) is 2.67. The predicted molar refractivity (Wildman–Crippen MR) is 85.2 cm³/mol. The summed E-state index contributed by atoms with van der Waals surface area (Å²) < 4.78 is 7.37. The van der Waals surface area contributed by atoms with Gasteiger partial charge in [0, 0.05) is 11.5 Å². The molecule has 8 heteroatoms. The van der Waals surface area contributed by atoms with Gasteiger partial charge in [-0.05, 0) is 48.8 Å². The Morgan fingerprint density at radius 2 is 2.00 bits per heavy atom. The highest BCUT2D eigenvalue weighted by molar-refractivity contribution is 9.10. The summed E-state index contributed by atoms with van der Waals surface area (Å²) in [4.78, 5) is 28.4. The van der Waals surface area contributed by atoms with Crippen molar-refractivity contribution in [3.05, 3.63) is 22.7 Å². The number of nitrogens with zero attached hydrogens (tertiary/aromatic N) is 3. The smallest absolute Gasteiger partial charge is 0.427 e. The second-order valence-electron chi connectivity index (χ2n) is 5.68. The molecule has 7 nitrogen and oxygen atoms in total. The van der Waals surface area contributed by atoms with Crippen molar-refractivity contribution in [2.75, 3.05) is 4.90 Å². The molecular weight excluding hydrogens is 354 g/mol. The molecule has 1 heterocycles. The highest BCUT2D eigenvalue weighted by Crippen LogP contribution is 2.28. The molecule has 2 aromatic rings. The molecule has 0 spiro atoms. The second kappa shape index (κ2) is 5.60. The molecule has 118 valence electrons. The van der Waals surface area contributed by atoms with Crippen molar-refractivity contribution < 1.29 is 19.4 Å². The molecule has 22 heavy (non-hydrogen) atoms. The SMILES string of the molecule is Cn1c(N(C(=O)O)C(=O)OC(C)(C)C)nc2c(Br)cccc21. The van der Waals surface area contributed by atoms with Gasteiger partial charge in [0.05, 0.1) is 5.52 Å². The first kappa shape index (κ1) is 16.3. The standard InChI is InChI=1S/C14H16BrN3O4/c1-14(2,3)22-13(21)18(12(19)20)11-16-10-8(15)6-5-7-9(10)17(11)4/h5-7H,1-4H3,(H,19,20). The van der Waals surface area contributed by atoms with Gasteiger partial charge in [0.15, 0.2) is 0 Å². The van der Waals surface area contributed by atoms with Crippen LogP contribution >= 0.6 is 15.9 Å². The number of carbonyl (C=O) groups excluding carboxylic acids is 1. The molecule has 0 saturated heterocycles. The van der Waals surface area contributed by atoms with Gasteiger partial charge in [0.2, 0.25) is 5.95 Å². The number of benzene rings is 1. The Morgan fingerprint density at radius 1 is 1.36 bits per heavy atom. The molecule has 0 saturated carbocycles. The molecule has 0 atom stereocenters. The number of aromatic nitrogens is 2. The number of amides is 2. The van der Waals surface area contributed by atoms with Crippen LogP contribution in [0.2, 0.25) is 0 Å². The Morgan fingerprint density at radius 3 is 2.50 bits per heavy atom. The van der Waals surface area contributed by atoms with Crippen LogP contribution in [-0.2, 0) is 11.8 Å². The first-order chi connectivity index (χ1) is 10.1. The Bertz CT molecular complexity index is 748. The lowest BCUT2D eigenvalue weighted by molar-refractivity contribution is 0.0579. The normalized spacial score (nSPS) is 11.5. The number of imide groups is 1. The molecule has 0 aliphatic carbocycles. The average molecular weight is 370 g/mol. The van der Waals surface area contributed by atoms with E-state index in [0.717, 1.165) is 0 Å². The minimum atomic E-state index is -1.45. The zero-order valence-corrected chi connectivity index (χ0v) is 14.2. The number of hydrogen-bond acceptors (Lipinski definition) is 4. The summed E-state index contributed by atoms with van der Waals surface area (Å²) in [6, 6.07) is 5.37. The largest absolute Gasteiger partial charge is 0.464 e. The van der Waals surface area contributed by atoms with Crippen molar-refractivity contribution in [3.8, 4) is 0 Å². The van der Waals surface area contributed by atoms with E-state index in [1.54, 1.807) is 46.0 Å². The molecule has 1 aromatic heterocycles. The van der Waals surface area contributed by atoms with Crippen molar-refractivity contribution in [2.45, 2.75) is 26.4 Å². The number of ether oxygens (including phenoxy) is 1. The number of halogens is 1. The number of hydrogen-bond donors (Lipinski definition) is 1. The van der Waals surface area contributed by atoms with Gasteiger partial charge in [0.25, 0.3) is 0 Å². The van der Waals surface area contributed by atoms with E-state index >= 15 is 0 Å². The number of carbonyl (C=O) groups is 2. The topological polar surface area (TPSA) is 84.7 Å². The summed E-state index contributed by atoms with van der Waals surface area (Å²) in [6.45, 7) is 4.99. The summed E-state index contributed by atoms with van der Waals surface area (Å²) >= 11 is 3.36. The van der Waals surface area contributed by atoms with E-state index in [2.05, 4.69) is 20.9 Å². The van der Waals surface area contributed by atoms with Crippen LogP contribution in [0.25, 0.3) is 11.0 Å². The molecule has 2 rings (SSSR count). The molecule has 0 bridgehead atoms. The molecule has 0 unspecified atom stereocenters. The molecule has 0 aliphatic heterocycles. The number of rotatable bonds is 1. The van der Waals surface area contributed by atoms with Gasteiger partial charge in [-0.1, -0.05) is 6.07 Å². The van der Waals surface area contributed by atoms with Crippen LogP contribution in [-0.4, -0.2) is 32.4 Å². The van der Waals surface area contributed by atoms with Crippen molar-refractivity contribution in [1.82, 2.24) is 9.55 Å². The van der Waals surface area contributed by atoms with E-state index in [-0.39, 0.29) is 5.95 Å². The number of carboxylic acid groups (broad SMARTS) is 1. The van der Waals surface area contributed by atoms with E-state index in [1.807, 2.05) is 0 Å². The molecule has 0 aliphatic rings. The lowest BCUT2D eigenvalue weighted by atomic mass is 10.2. The lowest BCUT2D eigenvalue weighted by Gasteiger charge is -2.23. The van der Waals surface area contributed by atoms with E-state index in [4.69, 9.17) is 4.74 Å². The molecular formula is C14H16BrN3O4. The number of fused-ring (bicyclic) bond motifs is 1. The predicted octanol–water partition coefficient (Wildman–Crippen LogP) is 3.76. The van der Waals surface area contributed by atoms with Crippen LogP contribution in [0.4, 0.5) is 15.5 Å². The second-order valence-corrected chi connectivity index (χ2v) is 6.53. The molecule has 1 aromatic carbocycles. The van der Waals surface area contributed by atoms with Gasteiger partial charge in [0.1, 0.15) is 11.1 Å². The van der Waals surface area contributed by atoms with Crippen LogP contribution < -0.4 is 4.90 Å². The van der Waals surface area contributed by atoms with Crippen LogP contribution in [0.15, 0.2) is 22.7 Å². The third-order valence-corrected chi connectivity index (χ3v) is 3.45. The fraction of sp³-hybridized carbons (Fsp3) is 0.357. The highest BCUT2D eigenvalue weighted by atomic mass is 79.9. The highest BCUT2D eigenvalue weighted by Gasteiger charge is 2.32. The maximum Gasteiger partial charge on any atom is 0.427 e. The number of anilines is 1. The summed E-state index contributed by atoms with van der Waals surface area (Å²) in [5.74, 6) is -0.0244. The van der Waals surface area contributed by atoms with Gasteiger partial charge in [-0.3, -0.25) is 0 Å². The third kappa shape index (κ3) is 3.06. The van der Waals surface area contributed by atoms with Gasteiger partial charge in [-0.2, -0.15) is 0 Å². The molecule has 2 amide bonds. The molecule has 0 radical (unpaired) electrons. The molecule has 1 N–H and O–H groups in total. The fourth-order valence-electron chi connectivity index (χ4n) is 1.92. The lowest BCUT2D eigenvalue weighted by Crippen LogP contribution is -2.41. The van der Waals surface area contributed by atoms with Gasteiger partial charge < -0.3 is 14.4 Å². The fourth-order valence-corrected chi connectivity index (χ4v) is 2.37. The minimum absolute atomic E-state index is 0.0244. The first-order valence-electron chi connectivity index (χ1n) is 6.49. The van der Waals surface area contributed by atoms with E-state index < -0.39 is 17.8 Å².